The summed E-state index contributed by atoms with van der Waals surface area (Å²) in [5.41, 5.74) is 0. The first kappa shape index (κ1) is 9.16. The molecule has 7 heteroatoms. The monoisotopic (exact) mass is 160 g/mol. The Bertz CT molecular complexity index is 192. The van der Waals surface area contributed by atoms with Crippen molar-refractivity contribution >= 4 is 11.9 Å². The highest BCUT2D eigenvalue weighted by Crippen LogP contribution is 1.93. The molecule has 0 rings (SSSR count). The van der Waals surface area contributed by atoms with Crippen molar-refractivity contribution in [2.45, 2.75) is 13.8 Å². The number of hydrogen-bond donors (Lipinski definition) is 0. The van der Waals surface area contributed by atoms with Gasteiger partial charge in [-0.3, -0.25) is 0 Å². The molecule has 0 amide bonds. The van der Waals surface area contributed by atoms with Crippen LogP contribution >= 0.6 is 0 Å². The van der Waals surface area contributed by atoms with E-state index in [1.54, 1.807) is 0 Å². The van der Waals surface area contributed by atoms with E-state index in [4.69, 9.17) is 5.39 Å². The molecule has 0 saturated heterocycles. The smallest absolute Gasteiger partial charge is 0.250 e. The first-order chi connectivity index (χ1) is 5.06. The molecule has 0 radical (unpaired) electrons. The van der Waals surface area contributed by atoms with E-state index >= 15 is 0 Å². The number of rotatable bonds is 2. The number of carbonyl (C=O) groups is 2. The predicted molar refractivity (Wildman–Crippen MR) is 30.5 cm³/mol. The fourth-order valence-corrected chi connectivity index (χ4v) is 0.275. The minimum Gasteiger partial charge on any atom is -0.250 e. The first-order valence-corrected chi connectivity index (χ1v) is 2.58. The van der Waals surface area contributed by atoms with Gasteiger partial charge in [-0.25, -0.2) is 19.3 Å². The average molecular weight is 160 g/mol. The summed E-state index contributed by atoms with van der Waals surface area (Å²) in [5.74, 6) is -1.55. The van der Waals surface area contributed by atoms with Crippen molar-refractivity contribution in [3.8, 4) is 0 Å². The summed E-state index contributed by atoms with van der Waals surface area (Å²) in [5, 5.41) is 10.3. The summed E-state index contributed by atoms with van der Waals surface area (Å²) < 4.78 is 0. The third-order valence-electron chi connectivity index (χ3n) is 0.486. The molecular weight excluding hydrogens is 154 g/mol. The molecule has 0 aromatic heterocycles. The van der Waals surface area contributed by atoms with Crippen LogP contribution in [0.2, 0.25) is 0 Å². The molecule has 0 aliphatic heterocycles. The second-order valence-electron chi connectivity index (χ2n) is 1.49. The van der Waals surface area contributed by atoms with Crippen molar-refractivity contribution in [1.82, 2.24) is 5.34 Å². The summed E-state index contributed by atoms with van der Waals surface area (Å²) in [6.07, 6.45) is 0. The van der Waals surface area contributed by atoms with Gasteiger partial charge in [0.2, 0.25) is 0 Å². The average Bonchev–Trinajstić information content (AvgIpc) is 1.84. The van der Waals surface area contributed by atoms with Crippen LogP contribution in [0.5, 0.6) is 0 Å². The fourth-order valence-electron chi connectivity index (χ4n) is 0.275. The molecule has 0 bridgehead atoms. The zero-order valence-electron chi connectivity index (χ0n) is 5.97. The minimum absolute atomic E-state index is 0.00463. The van der Waals surface area contributed by atoms with E-state index in [9.17, 15) is 9.59 Å². The second-order valence-corrected chi connectivity index (χ2v) is 1.49. The Morgan fingerprint density at radius 1 is 1.27 bits per heavy atom. The lowest BCUT2D eigenvalue weighted by Gasteiger charge is -1.96. The topological polar surface area (TPSA) is 84.0 Å². The first-order valence-electron chi connectivity index (χ1n) is 2.58. The highest BCUT2D eigenvalue weighted by atomic mass is 17.0. The van der Waals surface area contributed by atoms with Gasteiger partial charge in [-0.1, -0.05) is 0 Å². The van der Waals surface area contributed by atoms with E-state index in [-0.39, 0.29) is 5.34 Å². The maximum absolute atomic E-state index is 10.2. The van der Waals surface area contributed by atoms with Crippen LogP contribution in [0.3, 0.4) is 0 Å². The van der Waals surface area contributed by atoms with Crippen molar-refractivity contribution in [2.75, 3.05) is 0 Å². The number of nitrogens with zero attached hydrogens (tertiary/aromatic N) is 3. The van der Waals surface area contributed by atoms with Gasteiger partial charge in [0.25, 0.3) is 5.39 Å². The Morgan fingerprint density at radius 2 is 1.64 bits per heavy atom. The molecular formula is C4H6N3O4+. The van der Waals surface area contributed by atoms with E-state index in [1.165, 1.54) is 0 Å². The SMILES string of the molecule is CC(=O)ON([N+]#N)OC(C)=O. The van der Waals surface area contributed by atoms with Gasteiger partial charge in [-0.05, 0) is 0 Å². The Hall–Kier alpha value is -1.84. The normalized spacial score (nSPS) is 7.73. The van der Waals surface area contributed by atoms with Gasteiger partial charge in [0, 0.05) is 13.8 Å². The van der Waals surface area contributed by atoms with Gasteiger partial charge in [0.15, 0.2) is 0 Å². The zero-order chi connectivity index (χ0) is 8.85. The largest absolute Gasteiger partial charge is 0.388 e. The Balaban J connectivity index is 3.89. The summed E-state index contributed by atoms with van der Waals surface area (Å²) >= 11 is 0. The number of hydrogen-bond acceptors (Lipinski definition) is 6. The third kappa shape index (κ3) is 4.65. The van der Waals surface area contributed by atoms with Crippen LogP contribution in [0, 0.1) is 5.39 Å². The lowest BCUT2D eigenvalue weighted by atomic mass is 10.8. The molecule has 0 saturated carbocycles. The maximum atomic E-state index is 10.2. The molecule has 0 heterocycles. The van der Waals surface area contributed by atoms with Crippen molar-refractivity contribution in [2.24, 2.45) is 0 Å². The van der Waals surface area contributed by atoms with Crippen LogP contribution in [-0.2, 0) is 19.3 Å². The van der Waals surface area contributed by atoms with Crippen molar-refractivity contribution in [3.63, 3.8) is 0 Å². The lowest BCUT2D eigenvalue weighted by Crippen LogP contribution is -2.21. The molecule has 11 heavy (non-hydrogen) atoms. The van der Waals surface area contributed by atoms with Crippen LogP contribution in [0.1, 0.15) is 13.8 Å². The molecule has 0 aliphatic rings. The van der Waals surface area contributed by atoms with Gasteiger partial charge in [-0.15, -0.1) is 0 Å². The Kier molecular flexibility index (Phi) is 3.37. The molecule has 0 unspecified atom stereocenters. The highest BCUT2D eigenvalue weighted by Gasteiger charge is 2.22. The molecule has 0 spiro atoms. The molecule has 7 nitrogen and oxygen atoms in total. The quantitative estimate of drug-likeness (QED) is 0.418. The summed E-state index contributed by atoms with van der Waals surface area (Å²) in [6, 6.07) is 0. The van der Waals surface area contributed by atoms with Crippen molar-refractivity contribution in [1.29, 1.82) is 5.39 Å². The standard InChI is InChI=1S/C4H6N3O4/c1-3(8)10-7(6-5)11-4(2)9/h1-2H3/q+1. The molecule has 0 atom stereocenters. The summed E-state index contributed by atoms with van der Waals surface area (Å²) in [7, 11) is 0. The van der Waals surface area contributed by atoms with Crippen LogP contribution in [0.15, 0.2) is 0 Å². The lowest BCUT2D eigenvalue weighted by molar-refractivity contribution is -0.298. The third-order valence-corrected chi connectivity index (χ3v) is 0.486. The minimum atomic E-state index is -0.774. The maximum Gasteiger partial charge on any atom is 0.388 e. The van der Waals surface area contributed by atoms with E-state index in [0.717, 1.165) is 13.8 Å². The van der Waals surface area contributed by atoms with Gasteiger partial charge >= 0.3 is 22.4 Å². The predicted octanol–water partition coefficient (Wildman–Crippen LogP) is 0.0127. The van der Waals surface area contributed by atoms with Crippen LogP contribution in [0.25, 0.3) is 5.08 Å². The summed E-state index contributed by atoms with van der Waals surface area (Å²) in [6.45, 7) is 2.11. The number of carbonyl (C=O) groups excluding carboxylic acids is 2. The Morgan fingerprint density at radius 3 is 1.82 bits per heavy atom. The second kappa shape index (κ2) is 4.05. The molecule has 0 aliphatic carbocycles. The van der Waals surface area contributed by atoms with Crippen molar-refractivity contribution in [3.05, 3.63) is 5.08 Å². The van der Waals surface area contributed by atoms with E-state index in [0.29, 0.717) is 0 Å². The number of diazo groups is 1. The highest BCUT2D eigenvalue weighted by molar-refractivity contribution is 5.67. The molecule has 60 valence electrons. The Labute approximate surface area is 62.0 Å². The van der Waals surface area contributed by atoms with Gasteiger partial charge < -0.3 is 0 Å². The zero-order valence-corrected chi connectivity index (χ0v) is 5.97. The van der Waals surface area contributed by atoms with Gasteiger partial charge in [0.1, 0.15) is 0 Å². The van der Waals surface area contributed by atoms with E-state index in [1.807, 2.05) is 0 Å². The molecule has 0 aromatic rings. The van der Waals surface area contributed by atoms with Gasteiger partial charge in [0.05, 0.1) is 0 Å². The van der Waals surface area contributed by atoms with Crippen LogP contribution in [-0.4, -0.2) is 17.3 Å². The van der Waals surface area contributed by atoms with Crippen LogP contribution in [0.4, 0.5) is 0 Å². The molecule has 0 aromatic carbocycles. The molecule has 0 N–H and O–H groups in total. The van der Waals surface area contributed by atoms with Gasteiger partial charge in [-0.2, -0.15) is 0 Å². The van der Waals surface area contributed by atoms with E-state index in [2.05, 4.69) is 14.8 Å². The van der Waals surface area contributed by atoms with Crippen molar-refractivity contribution < 1.29 is 19.3 Å². The molecule has 0 fully saturated rings. The van der Waals surface area contributed by atoms with E-state index < -0.39 is 11.9 Å². The summed E-state index contributed by atoms with van der Waals surface area (Å²) in [4.78, 5) is 28.4. The van der Waals surface area contributed by atoms with Crippen LogP contribution < -0.4 is 0 Å². The fraction of sp³-hybridized carbons (Fsp3) is 0.500.